The molecule has 2 bridgehead atoms. The van der Waals surface area contributed by atoms with E-state index in [1.165, 1.54) is 0 Å². The monoisotopic (exact) mass is 458 g/mol. The number of carbonyl (C=O) groups is 1. The molecule has 0 radical (unpaired) electrons. The Kier molecular flexibility index (Phi) is 5.60. The van der Waals surface area contributed by atoms with E-state index in [9.17, 15) is 4.79 Å². The van der Waals surface area contributed by atoms with Gasteiger partial charge in [0.05, 0.1) is 11.3 Å². The molecule has 3 nitrogen and oxygen atoms in total. The molecule has 2 aliphatic heterocycles. The predicted octanol–water partition coefficient (Wildman–Crippen LogP) is 6.35. The number of carbonyl (C=O) groups excluding carboxylic acids is 1. The second-order valence-corrected chi connectivity index (χ2v) is 9.97. The van der Waals surface area contributed by atoms with Crippen molar-refractivity contribution >= 4 is 5.78 Å². The molecular weight excluding hydrogens is 428 g/mol. The Morgan fingerprint density at radius 3 is 1.17 bits per heavy atom. The van der Waals surface area contributed by atoms with Gasteiger partial charge in [-0.1, -0.05) is 121 Å². The molecular formula is C32H30N2O. The summed E-state index contributed by atoms with van der Waals surface area (Å²) in [5, 5.41) is 8.00. The number of hydrogen-bond acceptors (Lipinski definition) is 3. The van der Waals surface area contributed by atoms with Gasteiger partial charge in [-0.05, 0) is 29.2 Å². The predicted molar refractivity (Wildman–Crippen MR) is 140 cm³/mol. The van der Waals surface area contributed by atoms with Crippen molar-refractivity contribution in [3.63, 3.8) is 0 Å². The summed E-state index contributed by atoms with van der Waals surface area (Å²) in [7, 11) is 0. The van der Waals surface area contributed by atoms with Gasteiger partial charge in [-0.15, -0.1) is 0 Å². The maximum Gasteiger partial charge on any atom is 0.149 e. The van der Waals surface area contributed by atoms with Gasteiger partial charge in [0.2, 0.25) is 0 Å². The zero-order chi connectivity index (χ0) is 23.8. The fourth-order valence-electron chi connectivity index (χ4n) is 6.32. The van der Waals surface area contributed by atoms with E-state index in [-0.39, 0.29) is 30.1 Å². The molecule has 6 atom stereocenters. The average Bonchev–Trinajstić information content (AvgIpc) is 2.92. The summed E-state index contributed by atoms with van der Waals surface area (Å²) in [5.41, 5.74) is 3.92. The molecule has 4 aromatic rings. The van der Waals surface area contributed by atoms with Crippen LogP contribution in [0.25, 0.3) is 0 Å². The Hall–Kier alpha value is -3.53. The Morgan fingerprint density at radius 2 is 0.829 bits per heavy atom. The largest absolute Gasteiger partial charge is 0.301 e. The van der Waals surface area contributed by atoms with E-state index in [0.29, 0.717) is 5.78 Å². The first-order chi connectivity index (χ1) is 17.2. The average molecular weight is 459 g/mol. The molecule has 6 rings (SSSR count). The highest BCUT2D eigenvalue weighted by Gasteiger charge is 2.61. The third kappa shape index (κ3) is 3.63. The van der Waals surface area contributed by atoms with Crippen molar-refractivity contribution in [1.29, 1.82) is 0 Å². The highest BCUT2D eigenvalue weighted by molar-refractivity contribution is 5.92. The van der Waals surface area contributed by atoms with Crippen molar-refractivity contribution in [2.45, 2.75) is 31.1 Å². The third-order valence-electron chi connectivity index (χ3n) is 8.03. The Balaban J connectivity index is 1.56. The molecule has 35 heavy (non-hydrogen) atoms. The van der Waals surface area contributed by atoms with Crippen molar-refractivity contribution in [3.8, 4) is 0 Å². The van der Waals surface area contributed by atoms with Crippen LogP contribution in [0.15, 0.2) is 121 Å². The maximum absolute atomic E-state index is 14.8. The van der Waals surface area contributed by atoms with Crippen LogP contribution >= 0.6 is 0 Å². The molecule has 3 heteroatoms. The van der Waals surface area contributed by atoms with E-state index >= 15 is 0 Å². The lowest BCUT2D eigenvalue weighted by Gasteiger charge is -2.58. The second kappa shape index (κ2) is 8.92. The summed E-state index contributed by atoms with van der Waals surface area (Å²) < 4.78 is 0. The molecule has 2 saturated heterocycles. The van der Waals surface area contributed by atoms with Crippen LogP contribution in [0.4, 0.5) is 0 Å². The van der Waals surface area contributed by atoms with E-state index in [0.717, 1.165) is 22.3 Å². The quantitative estimate of drug-likeness (QED) is 0.374. The molecule has 174 valence electrons. The van der Waals surface area contributed by atoms with Gasteiger partial charge in [-0.25, -0.2) is 0 Å². The highest BCUT2D eigenvalue weighted by Crippen LogP contribution is 2.58. The van der Waals surface area contributed by atoms with Crippen molar-refractivity contribution in [3.05, 3.63) is 144 Å². The molecule has 2 unspecified atom stereocenters. The van der Waals surface area contributed by atoms with Gasteiger partial charge >= 0.3 is 0 Å². The van der Waals surface area contributed by atoms with E-state index in [4.69, 9.17) is 0 Å². The summed E-state index contributed by atoms with van der Waals surface area (Å²) in [6.07, 6.45) is 0. The summed E-state index contributed by atoms with van der Waals surface area (Å²) in [5.74, 6) is 0.0881. The molecule has 2 fully saturated rings. The lowest BCUT2D eigenvalue weighted by atomic mass is 9.56. The van der Waals surface area contributed by atoms with Gasteiger partial charge in [-0.2, -0.15) is 0 Å². The molecule has 0 amide bonds. The van der Waals surface area contributed by atoms with Crippen LogP contribution in [0.3, 0.4) is 0 Å². The van der Waals surface area contributed by atoms with E-state index < -0.39 is 5.41 Å². The van der Waals surface area contributed by atoms with Crippen LogP contribution in [0, 0.1) is 11.3 Å². The Morgan fingerprint density at radius 1 is 0.514 bits per heavy atom. The van der Waals surface area contributed by atoms with Crippen LogP contribution in [0.5, 0.6) is 0 Å². The smallest absolute Gasteiger partial charge is 0.149 e. The zero-order valence-corrected chi connectivity index (χ0v) is 19.8. The van der Waals surface area contributed by atoms with Crippen LogP contribution < -0.4 is 10.6 Å². The molecule has 0 saturated carbocycles. The molecule has 2 heterocycles. The standard InChI is InChI=1S/C32H30N2O/c1-32-29(24-18-10-4-11-19-24)33-27(22-14-6-2-7-15-22)26(31(32)35)28(23-16-8-3-9-17-23)34-30(32)25-20-12-5-13-21-25/h2-21,26-30,33-34H,1H3/t26?,27-,28+,29+,30-,32?. The van der Waals surface area contributed by atoms with Gasteiger partial charge in [-0.3, -0.25) is 4.79 Å². The van der Waals surface area contributed by atoms with Gasteiger partial charge < -0.3 is 10.6 Å². The highest BCUT2D eigenvalue weighted by atomic mass is 16.1. The first-order valence-corrected chi connectivity index (χ1v) is 12.4. The number of nitrogens with one attached hydrogen (secondary N) is 2. The molecule has 4 aromatic carbocycles. The zero-order valence-electron chi connectivity index (χ0n) is 19.8. The van der Waals surface area contributed by atoms with Crippen molar-refractivity contribution in [2.24, 2.45) is 11.3 Å². The van der Waals surface area contributed by atoms with E-state index in [1.807, 2.05) is 24.3 Å². The number of rotatable bonds is 4. The van der Waals surface area contributed by atoms with Crippen molar-refractivity contribution in [1.82, 2.24) is 10.6 Å². The van der Waals surface area contributed by atoms with Crippen LogP contribution in [0.1, 0.15) is 53.3 Å². The lowest BCUT2D eigenvalue weighted by Crippen LogP contribution is -2.65. The van der Waals surface area contributed by atoms with Gasteiger partial charge in [0.1, 0.15) is 5.78 Å². The van der Waals surface area contributed by atoms with Crippen LogP contribution in [-0.2, 0) is 4.79 Å². The molecule has 0 aliphatic carbocycles. The first kappa shape index (κ1) is 22.0. The van der Waals surface area contributed by atoms with E-state index in [2.05, 4.69) is 115 Å². The minimum Gasteiger partial charge on any atom is -0.301 e. The number of Topliss-reactive ketones (excluding diaryl/α,β-unsaturated/α-hetero) is 1. The first-order valence-electron chi connectivity index (χ1n) is 12.4. The topological polar surface area (TPSA) is 41.1 Å². The maximum atomic E-state index is 14.8. The van der Waals surface area contributed by atoms with Crippen molar-refractivity contribution in [2.75, 3.05) is 0 Å². The SMILES string of the molecule is CC12C(=O)C([C@@H](c3ccccc3)N[C@H]1c1ccccc1)[C@H](c1ccccc1)N[C@@H]2c1ccccc1. The molecule has 0 aromatic heterocycles. The number of ketones is 1. The minimum absolute atomic E-state index is 0.101. The normalized spacial score (nSPS) is 30.1. The van der Waals surface area contributed by atoms with Crippen LogP contribution in [0.2, 0.25) is 0 Å². The van der Waals surface area contributed by atoms with E-state index in [1.54, 1.807) is 0 Å². The lowest BCUT2D eigenvalue weighted by molar-refractivity contribution is -0.150. The second-order valence-electron chi connectivity index (χ2n) is 9.97. The fourth-order valence-corrected chi connectivity index (χ4v) is 6.32. The Bertz CT molecular complexity index is 1200. The number of hydrogen-bond donors (Lipinski definition) is 2. The number of fused-ring (bicyclic) bond motifs is 2. The van der Waals surface area contributed by atoms with Gasteiger partial charge in [0.15, 0.2) is 0 Å². The minimum atomic E-state index is -0.663. The molecule has 2 N–H and O–H groups in total. The molecule has 0 spiro atoms. The summed E-state index contributed by atoms with van der Waals surface area (Å²) in [4.78, 5) is 14.8. The fraction of sp³-hybridized carbons (Fsp3) is 0.219. The summed E-state index contributed by atoms with van der Waals surface area (Å²) in [6, 6.07) is 41.3. The van der Waals surface area contributed by atoms with Gasteiger partial charge in [0, 0.05) is 24.2 Å². The Labute approximate surface area is 207 Å². The van der Waals surface area contributed by atoms with Crippen molar-refractivity contribution < 1.29 is 4.79 Å². The van der Waals surface area contributed by atoms with Crippen LogP contribution in [-0.4, -0.2) is 5.78 Å². The number of benzene rings is 4. The van der Waals surface area contributed by atoms with Gasteiger partial charge in [0.25, 0.3) is 0 Å². The summed E-state index contributed by atoms with van der Waals surface area (Å²) in [6.45, 7) is 2.15. The molecule has 2 aliphatic rings. The third-order valence-corrected chi connectivity index (χ3v) is 8.03. The number of piperidine rings is 2. The summed E-state index contributed by atoms with van der Waals surface area (Å²) >= 11 is 0.